The normalized spacial score (nSPS) is 21.2. The molecule has 2 rings (SSSR count). The van der Waals surface area contributed by atoms with E-state index in [2.05, 4.69) is 4.99 Å². The number of carbonyl (C=O) groups excluding carboxylic acids is 1. The van der Waals surface area contributed by atoms with E-state index in [0.29, 0.717) is 0 Å². The number of hydrogen-bond acceptors (Lipinski definition) is 3. The summed E-state index contributed by atoms with van der Waals surface area (Å²) >= 11 is 1.64. The molecule has 0 spiro atoms. The molecule has 0 unspecified atom stereocenters. The lowest BCUT2D eigenvalue weighted by molar-refractivity contribution is -0.111. The van der Waals surface area contributed by atoms with Gasteiger partial charge in [-0.25, -0.2) is 0 Å². The van der Waals surface area contributed by atoms with Gasteiger partial charge in [0.2, 0.25) is 0 Å². The molecule has 0 fully saturated rings. The first-order chi connectivity index (χ1) is 5.88. The van der Waals surface area contributed by atoms with Gasteiger partial charge >= 0.3 is 0 Å². The van der Waals surface area contributed by atoms with Crippen LogP contribution in [0.4, 0.5) is 0 Å². The molecule has 0 radical (unpaired) electrons. The summed E-state index contributed by atoms with van der Waals surface area (Å²) in [5.74, 6) is 0.895. The molecular formula is C9H7NOS. The van der Waals surface area contributed by atoms with Gasteiger partial charge in [0.1, 0.15) is 0 Å². The fraction of sp³-hybridized carbons (Fsp3) is 0.111. The highest BCUT2D eigenvalue weighted by molar-refractivity contribution is 8.03. The fourth-order valence-corrected chi connectivity index (χ4v) is 1.90. The zero-order valence-electron chi connectivity index (χ0n) is 6.36. The minimum Gasteiger partial charge on any atom is -0.289 e. The average Bonchev–Trinajstić information content (AvgIpc) is 2.30. The quantitative estimate of drug-likeness (QED) is 0.563. The first-order valence-corrected chi connectivity index (χ1v) is 4.64. The molecule has 60 valence electrons. The van der Waals surface area contributed by atoms with Crippen LogP contribution in [0, 0.1) is 0 Å². The number of aliphatic imine (C=N–C) groups is 1. The molecule has 0 aromatic heterocycles. The van der Waals surface area contributed by atoms with Crippen molar-refractivity contribution in [2.24, 2.45) is 4.99 Å². The molecular weight excluding hydrogens is 170 g/mol. The van der Waals surface area contributed by atoms with Crippen LogP contribution in [0.2, 0.25) is 0 Å². The van der Waals surface area contributed by atoms with Crippen LogP contribution in [0.25, 0.3) is 0 Å². The molecule has 1 aliphatic carbocycles. The Morgan fingerprint density at radius 3 is 3.33 bits per heavy atom. The van der Waals surface area contributed by atoms with Crippen LogP contribution in [-0.4, -0.2) is 17.8 Å². The van der Waals surface area contributed by atoms with Crippen LogP contribution in [-0.2, 0) is 4.79 Å². The lowest BCUT2D eigenvalue weighted by atomic mass is 10.1. The number of fused-ring (bicyclic) bond motifs is 1. The van der Waals surface area contributed by atoms with Crippen molar-refractivity contribution in [3.8, 4) is 0 Å². The monoisotopic (exact) mass is 177 g/mol. The Hall–Kier alpha value is -1.09. The van der Waals surface area contributed by atoms with Crippen molar-refractivity contribution >= 4 is 23.8 Å². The third-order valence-electron chi connectivity index (χ3n) is 1.65. The summed E-state index contributed by atoms with van der Waals surface area (Å²) < 4.78 is 0. The Labute approximate surface area is 74.8 Å². The van der Waals surface area contributed by atoms with Crippen LogP contribution in [0.15, 0.2) is 39.9 Å². The molecule has 0 aromatic rings. The maximum Gasteiger partial charge on any atom is 0.188 e. The highest BCUT2D eigenvalue weighted by Gasteiger charge is 2.15. The van der Waals surface area contributed by atoms with Crippen molar-refractivity contribution in [3.05, 3.63) is 34.9 Å². The number of rotatable bonds is 0. The van der Waals surface area contributed by atoms with E-state index in [9.17, 15) is 4.79 Å². The second-order valence-electron chi connectivity index (χ2n) is 2.44. The molecule has 0 saturated heterocycles. The summed E-state index contributed by atoms with van der Waals surface area (Å²) in [6.07, 6.45) is 8.75. The molecule has 2 aliphatic rings. The van der Waals surface area contributed by atoms with Gasteiger partial charge in [-0.15, -0.1) is 11.8 Å². The van der Waals surface area contributed by atoms with Gasteiger partial charge in [0, 0.05) is 23.1 Å². The van der Waals surface area contributed by atoms with Gasteiger partial charge in [0.25, 0.3) is 0 Å². The highest BCUT2D eigenvalue weighted by atomic mass is 32.2. The molecule has 1 aliphatic heterocycles. The number of nitrogens with zero attached hydrogens (tertiary/aromatic N) is 1. The van der Waals surface area contributed by atoms with Crippen LogP contribution in [0.1, 0.15) is 0 Å². The number of carbonyl (C=O) groups is 1. The highest BCUT2D eigenvalue weighted by Crippen LogP contribution is 2.28. The minimum atomic E-state index is 0.0547. The fourth-order valence-electron chi connectivity index (χ4n) is 1.07. The molecule has 0 amide bonds. The average molecular weight is 177 g/mol. The van der Waals surface area contributed by atoms with Crippen LogP contribution >= 0.6 is 11.8 Å². The van der Waals surface area contributed by atoms with E-state index in [1.54, 1.807) is 30.1 Å². The Morgan fingerprint density at radius 2 is 2.42 bits per heavy atom. The van der Waals surface area contributed by atoms with Crippen LogP contribution in [0.5, 0.6) is 0 Å². The van der Waals surface area contributed by atoms with E-state index in [1.807, 2.05) is 12.3 Å². The standard InChI is InChI=1S/C9H7NOS/c11-8-2-1-3-9-7(8)6-10-4-5-12-9/h1-4,6H,5H2. The molecule has 0 saturated carbocycles. The first-order valence-electron chi connectivity index (χ1n) is 3.65. The zero-order valence-corrected chi connectivity index (χ0v) is 7.17. The molecule has 2 nitrogen and oxygen atoms in total. The second-order valence-corrected chi connectivity index (χ2v) is 3.50. The molecule has 12 heavy (non-hydrogen) atoms. The first kappa shape index (κ1) is 7.55. The minimum absolute atomic E-state index is 0.0547. The molecule has 0 aromatic carbocycles. The number of thioether (sulfide) groups is 1. The number of ketones is 1. The van der Waals surface area contributed by atoms with E-state index in [1.165, 1.54) is 0 Å². The lowest BCUT2D eigenvalue weighted by Gasteiger charge is -2.07. The van der Waals surface area contributed by atoms with Crippen molar-refractivity contribution in [3.63, 3.8) is 0 Å². The summed E-state index contributed by atoms with van der Waals surface area (Å²) in [5, 5.41) is 0. The van der Waals surface area contributed by atoms with Gasteiger partial charge in [-0.2, -0.15) is 0 Å². The predicted molar refractivity (Wildman–Crippen MR) is 51.3 cm³/mol. The lowest BCUT2D eigenvalue weighted by Crippen LogP contribution is -2.02. The predicted octanol–water partition coefficient (Wildman–Crippen LogP) is 1.71. The summed E-state index contributed by atoms with van der Waals surface area (Å²) in [4.78, 5) is 16.3. The van der Waals surface area contributed by atoms with E-state index < -0.39 is 0 Å². The third kappa shape index (κ3) is 1.28. The van der Waals surface area contributed by atoms with Crippen molar-refractivity contribution in [1.82, 2.24) is 0 Å². The zero-order chi connectivity index (χ0) is 8.39. The number of allylic oxidation sites excluding steroid dienone is 4. The van der Waals surface area contributed by atoms with Gasteiger partial charge < -0.3 is 0 Å². The molecule has 3 heteroatoms. The maximum absolute atomic E-state index is 11.3. The van der Waals surface area contributed by atoms with E-state index in [4.69, 9.17) is 0 Å². The summed E-state index contributed by atoms with van der Waals surface area (Å²) in [6, 6.07) is 0. The van der Waals surface area contributed by atoms with Crippen molar-refractivity contribution < 1.29 is 4.79 Å². The van der Waals surface area contributed by atoms with Gasteiger partial charge in [0.15, 0.2) is 5.78 Å². The van der Waals surface area contributed by atoms with Crippen molar-refractivity contribution in [1.29, 1.82) is 0 Å². The molecule has 0 N–H and O–H groups in total. The van der Waals surface area contributed by atoms with Gasteiger partial charge in [-0.1, -0.05) is 6.08 Å². The molecule has 0 bridgehead atoms. The summed E-state index contributed by atoms with van der Waals surface area (Å²) in [6.45, 7) is 0. The smallest absolute Gasteiger partial charge is 0.188 e. The van der Waals surface area contributed by atoms with Crippen LogP contribution in [0.3, 0.4) is 0 Å². The maximum atomic E-state index is 11.3. The van der Waals surface area contributed by atoms with Gasteiger partial charge in [0.05, 0.1) is 5.57 Å². The summed E-state index contributed by atoms with van der Waals surface area (Å²) in [5.41, 5.74) is 0.719. The Morgan fingerprint density at radius 1 is 1.50 bits per heavy atom. The number of hydrogen-bond donors (Lipinski definition) is 0. The van der Waals surface area contributed by atoms with Crippen molar-refractivity contribution in [2.75, 3.05) is 5.75 Å². The molecule has 0 atom stereocenters. The SMILES string of the molecule is O=C1C=CC=C2SCC=NC=C12. The van der Waals surface area contributed by atoms with Crippen molar-refractivity contribution in [2.45, 2.75) is 0 Å². The third-order valence-corrected chi connectivity index (χ3v) is 2.63. The van der Waals surface area contributed by atoms with Gasteiger partial charge in [-0.05, 0) is 12.2 Å². The Kier molecular flexibility index (Phi) is 1.96. The molecule has 1 heterocycles. The van der Waals surface area contributed by atoms with E-state index >= 15 is 0 Å². The summed E-state index contributed by atoms with van der Waals surface area (Å²) in [7, 11) is 0. The largest absolute Gasteiger partial charge is 0.289 e. The van der Waals surface area contributed by atoms with Gasteiger partial charge in [-0.3, -0.25) is 9.79 Å². The topological polar surface area (TPSA) is 29.4 Å². The van der Waals surface area contributed by atoms with E-state index in [-0.39, 0.29) is 5.78 Å². The van der Waals surface area contributed by atoms with Crippen LogP contribution < -0.4 is 0 Å². The second kappa shape index (κ2) is 3.11. The Bertz CT molecular complexity index is 336. The Balaban J connectivity index is 2.43. The van der Waals surface area contributed by atoms with E-state index in [0.717, 1.165) is 16.2 Å².